The fraction of sp³-hybridized carbons (Fsp3) is 0.538. The SMILES string of the molecule is CC1(C)[C@H](N)[C@H]1c1ccc2c(c1)OCCO2. The molecule has 16 heavy (non-hydrogen) atoms. The molecule has 0 unspecified atom stereocenters. The highest BCUT2D eigenvalue weighted by Gasteiger charge is 2.56. The molecule has 1 aliphatic heterocycles. The summed E-state index contributed by atoms with van der Waals surface area (Å²) in [4.78, 5) is 0. The molecular weight excluding hydrogens is 202 g/mol. The first-order valence-corrected chi connectivity index (χ1v) is 5.76. The first kappa shape index (κ1) is 9.97. The monoisotopic (exact) mass is 219 g/mol. The van der Waals surface area contributed by atoms with Gasteiger partial charge in [0.1, 0.15) is 13.2 Å². The molecule has 2 aliphatic rings. The molecule has 0 spiro atoms. The zero-order valence-corrected chi connectivity index (χ0v) is 9.69. The van der Waals surface area contributed by atoms with Crippen molar-refractivity contribution < 1.29 is 9.47 Å². The third-order valence-electron chi connectivity index (χ3n) is 3.84. The van der Waals surface area contributed by atoms with Crippen molar-refractivity contribution in [3.63, 3.8) is 0 Å². The molecule has 0 bridgehead atoms. The lowest BCUT2D eigenvalue weighted by atomic mass is 10.0. The maximum absolute atomic E-state index is 6.08. The molecule has 0 saturated heterocycles. The third-order valence-corrected chi connectivity index (χ3v) is 3.84. The Morgan fingerprint density at radius 1 is 1.19 bits per heavy atom. The van der Waals surface area contributed by atoms with E-state index in [2.05, 4.69) is 26.0 Å². The summed E-state index contributed by atoms with van der Waals surface area (Å²) in [7, 11) is 0. The molecule has 1 saturated carbocycles. The van der Waals surface area contributed by atoms with Gasteiger partial charge < -0.3 is 15.2 Å². The lowest BCUT2D eigenvalue weighted by molar-refractivity contribution is 0.171. The summed E-state index contributed by atoms with van der Waals surface area (Å²) in [6, 6.07) is 6.43. The van der Waals surface area contributed by atoms with Crippen LogP contribution in [0.2, 0.25) is 0 Å². The summed E-state index contributed by atoms with van der Waals surface area (Å²) in [6.07, 6.45) is 0. The molecule has 2 N–H and O–H groups in total. The molecule has 1 heterocycles. The predicted molar refractivity (Wildman–Crippen MR) is 61.9 cm³/mol. The third kappa shape index (κ3) is 1.31. The Bertz CT molecular complexity index is 428. The van der Waals surface area contributed by atoms with E-state index in [9.17, 15) is 0 Å². The second kappa shape index (κ2) is 3.14. The van der Waals surface area contributed by atoms with E-state index in [0.717, 1.165) is 11.5 Å². The van der Waals surface area contributed by atoms with Gasteiger partial charge in [0.05, 0.1) is 0 Å². The van der Waals surface area contributed by atoms with Crippen LogP contribution in [-0.2, 0) is 0 Å². The number of ether oxygens (including phenoxy) is 2. The van der Waals surface area contributed by atoms with Crippen molar-refractivity contribution in [2.24, 2.45) is 11.1 Å². The maximum Gasteiger partial charge on any atom is 0.161 e. The highest BCUT2D eigenvalue weighted by atomic mass is 16.6. The normalized spacial score (nSPS) is 29.9. The number of fused-ring (bicyclic) bond motifs is 1. The van der Waals surface area contributed by atoms with E-state index >= 15 is 0 Å². The standard InChI is InChI=1S/C13H17NO2/c1-13(2)11(12(13)14)8-3-4-9-10(7-8)16-6-5-15-9/h3-4,7,11-12H,5-6,14H2,1-2H3/t11-,12-/m1/s1. The molecule has 0 amide bonds. The van der Waals surface area contributed by atoms with Crippen LogP contribution in [0.3, 0.4) is 0 Å². The van der Waals surface area contributed by atoms with Crippen LogP contribution in [0.4, 0.5) is 0 Å². The van der Waals surface area contributed by atoms with Crippen LogP contribution < -0.4 is 15.2 Å². The second-order valence-electron chi connectivity index (χ2n) is 5.23. The van der Waals surface area contributed by atoms with E-state index in [4.69, 9.17) is 15.2 Å². The maximum atomic E-state index is 6.08. The highest BCUT2D eigenvalue weighted by molar-refractivity contribution is 5.47. The predicted octanol–water partition coefficient (Wildman–Crippen LogP) is 1.91. The summed E-state index contributed by atoms with van der Waals surface area (Å²) < 4.78 is 11.1. The van der Waals surface area contributed by atoms with Crippen LogP contribution in [0.5, 0.6) is 11.5 Å². The van der Waals surface area contributed by atoms with Crippen LogP contribution in [0.1, 0.15) is 25.3 Å². The van der Waals surface area contributed by atoms with Gasteiger partial charge in [0, 0.05) is 12.0 Å². The van der Waals surface area contributed by atoms with Gasteiger partial charge in [0.15, 0.2) is 11.5 Å². The van der Waals surface area contributed by atoms with E-state index in [1.54, 1.807) is 0 Å². The van der Waals surface area contributed by atoms with Crippen molar-refractivity contribution in [3.05, 3.63) is 23.8 Å². The molecule has 3 rings (SSSR count). The fourth-order valence-corrected chi connectivity index (χ4v) is 2.57. The summed E-state index contributed by atoms with van der Waals surface area (Å²) in [5, 5.41) is 0. The van der Waals surface area contributed by atoms with Crippen LogP contribution in [-0.4, -0.2) is 19.3 Å². The minimum absolute atomic E-state index is 0.212. The smallest absolute Gasteiger partial charge is 0.161 e. The Hall–Kier alpha value is -1.22. The summed E-state index contributed by atoms with van der Waals surface area (Å²) in [6.45, 7) is 5.69. The number of rotatable bonds is 1. The summed E-state index contributed by atoms with van der Waals surface area (Å²) >= 11 is 0. The minimum atomic E-state index is 0.212. The van der Waals surface area contributed by atoms with Crippen molar-refractivity contribution in [1.29, 1.82) is 0 Å². The largest absolute Gasteiger partial charge is 0.486 e. The Kier molecular flexibility index (Phi) is 1.96. The molecular formula is C13H17NO2. The van der Waals surface area contributed by atoms with Gasteiger partial charge in [-0.05, 0) is 23.1 Å². The second-order valence-corrected chi connectivity index (χ2v) is 5.23. The first-order valence-electron chi connectivity index (χ1n) is 5.76. The highest BCUT2D eigenvalue weighted by Crippen LogP contribution is 2.58. The fourth-order valence-electron chi connectivity index (χ4n) is 2.57. The zero-order valence-electron chi connectivity index (χ0n) is 9.69. The van der Waals surface area contributed by atoms with Gasteiger partial charge in [0.2, 0.25) is 0 Å². The zero-order chi connectivity index (χ0) is 11.3. The molecule has 3 heteroatoms. The average Bonchev–Trinajstić information content (AvgIpc) is 2.78. The molecule has 86 valence electrons. The number of nitrogens with two attached hydrogens (primary N) is 1. The van der Waals surface area contributed by atoms with E-state index in [0.29, 0.717) is 19.1 Å². The van der Waals surface area contributed by atoms with E-state index in [1.165, 1.54) is 5.56 Å². The first-order chi connectivity index (χ1) is 7.60. The van der Waals surface area contributed by atoms with Gasteiger partial charge in [0.25, 0.3) is 0 Å². The number of benzene rings is 1. The lowest BCUT2D eigenvalue weighted by Gasteiger charge is -2.19. The van der Waals surface area contributed by atoms with Crippen molar-refractivity contribution >= 4 is 0 Å². The van der Waals surface area contributed by atoms with E-state index in [1.807, 2.05) is 6.07 Å². The van der Waals surface area contributed by atoms with Gasteiger partial charge in [-0.1, -0.05) is 19.9 Å². The molecule has 3 nitrogen and oxygen atoms in total. The topological polar surface area (TPSA) is 44.5 Å². The molecule has 1 aliphatic carbocycles. The Balaban J connectivity index is 1.93. The molecule has 1 fully saturated rings. The van der Waals surface area contributed by atoms with Crippen molar-refractivity contribution in [2.45, 2.75) is 25.8 Å². The summed E-state index contributed by atoms with van der Waals surface area (Å²) in [5.41, 5.74) is 7.56. The molecule has 1 aromatic rings. The van der Waals surface area contributed by atoms with Crippen molar-refractivity contribution in [1.82, 2.24) is 0 Å². The molecule has 2 atom stereocenters. The Morgan fingerprint density at radius 2 is 1.81 bits per heavy atom. The van der Waals surface area contributed by atoms with Gasteiger partial charge in [-0.15, -0.1) is 0 Å². The van der Waals surface area contributed by atoms with Gasteiger partial charge in [-0.2, -0.15) is 0 Å². The van der Waals surface area contributed by atoms with Gasteiger partial charge >= 0.3 is 0 Å². The Morgan fingerprint density at radius 3 is 2.44 bits per heavy atom. The quantitative estimate of drug-likeness (QED) is 0.784. The minimum Gasteiger partial charge on any atom is -0.486 e. The number of hydrogen-bond acceptors (Lipinski definition) is 3. The molecule has 1 aromatic carbocycles. The summed E-state index contributed by atoms with van der Waals surface area (Å²) in [5.74, 6) is 2.16. The number of hydrogen-bond donors (Lipinski definition) is 1. The van der Waals surface area contributed by atoms with E-state index in [-0.39, 0.29) is 11.5 Å². The van der Waals surface area contributed by atoms with Gasteiger partial charge in [-0.3, -0.25) is 0 Å². The Labute approximate surface area is 95.5 Å². The van der Waals surface area contributed by atoms with Crippen molar-refractivity contribution in [2.75, 3.05) is 13.2 Å². The van der Waals surface area contributed by atoms with Gasteiger partial charge in [-0.25, -0.2) is 0 Å². The van der Waals surface area contributed by atoms with Crippen LogP contribution in [0, 0.1) is 5.41 Å². The van der Waals surface area contributed by atoms with E-state index < -0.39 is 0 Å². The molecule has 0 aromatic heterocycles. The van der Waals surface area contributed by atoms with Crippen LogP contribution >= 0.6 is 0 Å². The average molecular weight is 219 g/mol. The van der Waals surface area contributed by atoms with Crippen molar-refractivity contribution in [3.8, 4) is 11.5 Å². The van der Waals surface area contributed by atoms with Crippen LogP contribution in [0.15, 0.2) is 18.2 Å². The van der Waals surface area contributed by atoms with Crippen LogP contribution in [0.25, 0.3) is 0 Å². The molecule has 0 radical (unpaired) electrons. The lowest BCUT2D eigenvalue weighted by Crippen LogP contribution is -2.15.